The van der Waals surface area contributed by atoms with Crippen molar-refractivity contribution in [2.75, 3.05) is 0 Å². The predicted octanol–water partition coefficient (Wildman–Crippen LogP) is 3.11. The molecule has 1 heterocycles. The fourth-order valence-corrected chi connectivity index (χ4v) is 3.88. The van der Waals surface area contributed by atoms with Crippen molar-refractivity contribution in [3.05, 3.63) is 83.4 Å². The highest BCUT2D eigenvalue weighted by molar-refractivity contribution is 7.88. The quantitative estimate of drug-likeness (QED) is 0.739. The SMILES string of the molecule is Cc1cccc(CS(=O)(=O)NCc2ccccc2-n2ccnc2C)c1. The van der Waals surface area contributed by atoms with Crippen molar-refractivity contribution in [3.8, 4) is 5.69 Å². The summed E-state index contributed by atoms with van der Waals surface area (Å²) < 4.78 is 29.5. The molecule has 2 aromatic carbocycles. The molecule has 3 aromatic rings. The number of hydrogen-bond acceptors (Lipinski definition) is 3. The number of nitrogens with one attached hydrogen (secondary N) is 1. The van der Waals surface area contributed by atoms with Gasteiger partial charge in [0.15, 0.2) is 0 Å². The molecule has 0 saturated heterocycles. The van der Waals surface area contributed by atoms with Gasteiger partial charge < -0.3 is 4.57 Å². The summed E-state index contributed by atoms with van der Waals surface area (Å²) in [7, 11) is -3.42. The number of sulfonamides is 1. The maximum absolute atomic E-state index is 12.4. The highest BCUT2D eigenvalue weighted by Crippen LogP contribution is 2.17. The highest BCUT2D eigenvalue weighted by Gasteiger charge is 2.13. The number of aryl methyl sites for hydroxylation is 2. The van der Waals surface area contributed by atoms with Crippen LogP contribution in [0, 0.1) is 13.8 Å². The van der Waals surface area contributed by atoms with Gasteiger partial charge in [0.05, 0.1) is 11.4 Å². The van der Waals surface area contributed by atoms with Crippen molar-refractivity contribution < 1.29 is 8.42 Å². The molecule has 0 radical (unpaired) electrons. The van der Waals surface area contributed by atoms with E-state index in [1.807, 2.05) is 73.1 Å². The van der Waals surface area contributed by atoms with Crippen LogP contribution in [0.3, 0.4) is 0 Å². The number of benzene rings is 2. The monoisotopic (exact) mass is 355 g/mol. The lowest BCUT2D eigenvalue weighted by Gasteiger charge is -2.13. The van der Waals surface area contributed by atoms with E-state index in [1.54, 1.807) is 6.20 Å². The summed E-state index contributed by atoms with van der Waals surface area (Å²) >= 11 is 0. The van der Waals surface area contributed by atoms with E-state index in [4.69, 9.17) is 0 Å². The molecule has 0 atom stereocenters. The number of rotatable bonds is 6. The van der Waals surface area contributed by atoms with E-state index in [-0.39, 0.29) is 12.3 Å². The summed E-state index contributed by atoms with van der Waals surface area (Å²) in [5.41, 5.74) is 3.66. The maximum Gasteiger partial charge on any atom is 0.216 e. The third kappa shape index (κ3) is 4.35. The molecule has 25 heavy (non-hydrogen) atoms. The Morgan fingerprint density at radius 1 is 1.08 bits per heavy atom. The zero-order valence-corrected chi connectivity index (χ0v) is 15.1. The average Bonchev–Trinajstić information content (AvgIpc) is 2.99. The van der Waals surface area contributed by atoms with Crippen LogP contribution < -0.4 is 4.72 Å². The standard InChI is InChI=1S/C19H21N3O2S/c1-15-6-5-7-17(12-15)14-25(23,24)21-13-18-8-3-4-9-19(18)22-11-10-20-16(22)2/h3-12,21H,13-14H2,1-2H3. The van der Waals surface area contributed by atoms with Gasteiger partial charge in [0.1, 0.15) is 5.82 Å². The molecule has 0 bridgehead atoms. The molecule has 0 aliphatic carbocycles. The van der Waals surface area contributed by atoms with Crippen molar-refractivity contribution in [1.29, 1.82) is 0 Å². The normalized spacial score (nSPS) is 11.6. The van der Waals surface area contributed by atoms with E-state index in [0.717, 1.165) is 28.2 Å². The minimum atomic E-state index is -3.42. The van der Waals surface area contributed by atoms with Gasteiger partial charge in [-0.25, -0.2) is 18.1 Å². The van der Waals surface area contributed by atoms with Crippen molar-refractivity contribution >= 4 is 10.0 Å². The highest BCUT2D eigenvalue weighted by atomic mass is 32.2. The van der Waals surface area contributed by atoms with Crippen LogP contribution in [0.25, 0.3) is 5.69 Å². The molecule has 0 aliphatic rings. The molecule has 3 rings (SSSR count). The van der Waals surface area contributed by atoms with Gasteiger partial charge in [-0.3, -0.25) is 0 Å². The molecular weight excluding hydrogens is 334 g/mol. The van der Waals surface area contributed by atoms with Crippen LogP contribution in [0.2, 0.25) is 0 Å². The van der Waals surface area contributed by atoms with E-state index in [0.29, 0.717) is 0 Å². The Morgan fingerprint density at radius 2 is 1.88 bits per heavy atom. The first-order valence-corrected chi connectivity index (χ1v) is 9.71. The van der Waals surface area contributed by atoms with Gasteiger partial charge in [-0.2, -0.15) is 0 Å². The lowest BCUT2D eigenvalue weighted by atomic mass is 10.2. The molecule has 130 valence electrons. The second-order valence-electron chi connectivity index (χ2n) is 6.04. The molecule has 6 heteroatoms. The molecule has 0 spiro atoms. The van der Waals surface area contributed by atoms with Crippen molar-refractivity contribution in [2.24, 2.45) is 0 Å². The number of aromatic nitrogens is 2. The second-order valence-corrected chi connectivity index (χ2v) is 7.85. The summed E-state index contributed by atoms with van der Waals surface area (Å²) in [6.45, 7) is 4.11. The Bertz CT molecular complexity index is 978. The Morgan fingerprint density at radius 3 is 2.60 bits per heavy atom. The Hall–Kier alpha value is -2.44. The minimum absolute atomic E-state index is 0.0268. The van der Waals surface area contributed by atoms with Gasteiger partial charge in [0.25, 0.3) is 0 Å². The molecule has 0 amide bonds. The number of imidazole rings is 1. The number of nitrogens with zero attached hydrogens (tertiary/aromatic N) is 2. The summed E-state index contributed by atoms with van der Waals surface area (Å²) in [5.74, 6) is 0.830. The van der Waals surface area contributed by atoms with E-state index in [1.165, 1.54) is 0 Å². The van der Waals surface area contributed by atoms with Crippen LogP contribution in [-0.2, 0) is 22.3 Å². The topological polar surface area (TPSA) is 64.0 Å². The van der Waals surface area contributed by atoms with E-state index < -0.39 is 10.0 Å². The van der Waals surface area contributed by atoms with Gasteiger partial charge in [0.2, 0.25) is 10.0 Å². The fraction of sp³-hybridized carbons (Fsp3) is 0.211. The Balaban J connectivity index is 1.77. The van der Waals surface area contributed by atoms with Gasteiger partial charge in [-0.05, 0) is 31.0 Å². The summed E-state index contributed by atoms with van der Waals surface area (Å²) in [5, 5.41) is 0. The lowest BCUT2D eigenvalue weighted by Crippen LogP contribution is -2.25. The molecule has 5 nitrogen and oxygen atoms in total. The van der Waals surface area contributed by atoms with Crippen LogP contribution in [0.5, 0.6) is 0 Å². The van der Waals surface area contributed by atoms with Crippen LogP contribution in [-0.4, -0.2) is 18.0 Å². The van der Waals surface area contributed by atoms with Crippen molar-refractivity contribution in [1.82, 2.24) is 14.3 Å². The third-order valence-corrected chi connectivity index (χ3v) is 5.30. The largest absolute Gasteiger partial charge is 0.304 e. The first kappa shape index (κ1) is 17.4. The Kier molecular flexibility index (Phi) is 5.01. The maximum atomic E-state index is 12.4. The van der Waals surface area contributed by atoms with E-state index in [2.05, 4.69) is 9.71 Å². The van der Waals surface area contributed by atoms with Crippen LogP contribution >= 0.6 is 0 Å². The summed E-state index contributed by atoms with van der Waals surface area (Å²) in [6, 6.07) is 15.3. The second kappa shape index (κ2) is 7.21. The number of hydrogen-bond donors (Lipinski definition) is 1. The zero-order chi connectivity index (χ0) is 17.9. The van der Waals surface area contributed by atoms with Crippen LogP contribution in [0.15, 0.2) is 60.9 Å². The lowest BCUT2D eigenvalue weighted by molar-refractivity contribution is 0.580. The molecule has 0 aliphatic heterocycles. The van der Waals surface area contributed by atoms with E-state index >= 15 is 0 Å². The number of para-hydroxylation sites is 1. The van der Waals surface area contributed by atoms with Gasteiger partial charge in [0, 0.05) is 18.9 Å². The molecule has 1 aromatic heterocycles. The molecule has 1 N–H and O–H groups in total. The zero-order valence-electron chi connectivity index (χ0n) is 14.3. The molecule has 0 unspecified atom stereocenters. The molecule has 0 saturated carbocycles. The van der Waals surface area contributed by atoms with Gasteiger partial charge >= 0.3 is 0 Å². The fourth-order valence-electron chi connectivity index (χ4n) is 2.79. The van der Waals surface area contributed by atoms with Crippen molar-refractivity contribution in [3.63, 3.8) is 0 Å². The summed E-state index contributed by atoms with van der Waals surface area (Å²) in [6.07, 6.45) is 3.60. The van der Waals surface area contributed by atoms with Crippen LogP contribution in [0.4, 0.5) is 0 Å². The summed E-state index contributed by atoms with van der Waals surface area (Å²) in [4.78, 5) is 4.23. The van der Waals surface area contributed by atoms with Gasteiger partial charge in [-0.15, -0.1) is 0 Å². The van der Waals surface area contributed by atoms with Crippen molar-refractivity contribution in [2.45, 2.75) is 26.1 Å². The first-order chi connectivity index (χ1) is 11.9. The van der Waals surface area contributed by atoms with E-state index in [9.17, 15) is 8.42 Å². The Labute approximate surface area is 148 Å². The minimum Gasteiger partial charge on any atom is -0.304 e. The molecule has 0 fully saturated rings. The third-order valence-electron chi connectivity index (χ3n) is 4.00. The predicted molar refractivity (Wildman–Crippen MR) is 98.9 cm³/mol. The smallest absolute Gasteiger partial charge is 0.216 e. The van der Waals surface area contributed by atoms with Crippen LogP contribution in [0.1, 0.15) is 22.5 Å². The van der Waals surface area contributed by atoms with Gasteiger partial charge in [-0.1, -0.05) is 48.0 Å². The average molecular weight is 355 g/mol. The first-order valence-electron chi connectivity index (χ1n) is 8.06. The molecular formula is C19H21N3O2S.